The first-order valence-electron chi connectivity index (χ1n) is 6.69. The molecule has 1 heteroatoms. The van der Waals surface area contributed by atoms with Gasteiger partial charge in [0.1, 0.15) is 5.75 Å². The van der Waals surface area contributed by atoms with E-state index in [0.717, 1.165) is 25.2 Å². The molecule has 0 aromatic heterocycles. The third-order valence-electron chi connectivity index (χ3n) is 2.69. The van der Waals surface area contributed by atoms with Crippen LogP contribution in [0.1, 0.15) is 45.1 Å². The number of unbranched alkanes of at least 4 members (excludes halogenated alkanes) is 2. The van der Waals surface area contributed by atoms with Crippen molar-refractivity contribution in [1.82, 2.24) is 0 Å². The number of aryl methyl sites for hydroxylation is 1. The molecule has 0 heterocycles. The molecule has 0 bridgehead atoms. The molecule has 0 fully saturated rings. The highest BCUT2D eigenvalue weighted by molar-refractivity contribution is 5.28. The SMILES string of the molecule is CC=CCCCCc1cccc(OCCC)c1. The Kier molecular flexibility index (Phi) is 7.20. The summed E-state index contributed by atoms with van der Waals surface area (Å²) in [4.78, 5) is 0. The molecule has 0 amide bonds. The third kappa shape index (κ3) is 6.15. The Balaban J connectivity index is 2.32. The van der Waals surface area contributed by atoms with E-state index in [1.807, 2.05) is 6.07 Å². The van der Waals surface area contributed by atoms with Gasteiger partial charge in [0.25, 0.3) is 0 Å². The van der Waals surface area contributed by atoms with E-state index in [9.17, 15) is 0 Å². The van der Waals surface area contributed by atoms with E-state index in [2.05, 4.69) is 44.2 Å². The van der Waals surface area contributed by atoms with Gasteiger partial charge in [-0.2, -0.15) is 0 Å². The molecule has 0 spiro atoms. The number of ether oxygens (including phenoxy) is 1. The molecular weight excluding hydrogens is 208 g/mol. The molecule has 0 atom stereocenters. The second kappa shape index (κ2) is 8.86. The Morgan fingerprint density at radius 3 is 2.88 bits per heavy atom. The van der Waals surface area contributed by atoms with Gasteiger partial charge in [0, 0.05) is 0 Å². The molecule has 1 aromatic carbocycles. The summed E-state index contributed by atoms with van der Waals surface area (Å²) < 4.78 is 5.63. The smallest absolute Gasteiger partial charge is 0.119 e. The second-order valence-electron chi connectivity index (χ2n) is 4.31. The summed E-state index contributed by atoms with van der Waals surface area (Å²) in [6, 6.07) is 8.49. The maximum atomic E-state index is 5.63. The molecule has 17 heavy (non-hydrogen) atoms. The molecule has 94 valence electrons. The van der Waals surface area contributed by atoms with E-state index in [0.29, 0.717) is 0 Å². The van der Waals surface area contributed by atoms with Crippen LogP contribution in [0.4, 0.5) is 0 Å². The number of allylic oxidation sites excluding steroid dienone is 2. The zero-order valence-corrected chi connectivity index (χ0v) is 11.1. The van der Waals surface area contributed by atoms with Crippen LogP contribution in [0.3, 0.4) is 0 Å². The highest BCUT2D eigenvalue weighted by Gasteiger charge is 1.96. The Morgan fingerprint density at radius 1 is 1.24 bits per heavy atom. The van der Waals surface area contributed by atoms with E-state index < -0.39 is 0 Å². The molecule has 0 radical (unpaired) electrons. The molecule has 1 aromatic rings. The maximum absolute atomic E-state index is 5.63. The van der Waals surface area contributed by atoms with Crippen LogP contribution in [0.2, 0.25) is 0 Å². The lowest BCUT2D eigenvalue weighted by molar-refractivity contribution is 0.317. The van der Waals surface area contributed by atoms with Gasteiger partial charge in [0.2, 0.25) is 0 Å². The zero-order valence-electron chi connectivity index (χ0n) is 11.1. The lowest BCUT2D eigenvalue weighted by Gasteiger charge is -2.06. The van der Waals surface area contributed by atoms with Gasteiger partial charge in [0.05, 0.1) is 6.61 Å². The Morgan fingerprint density at radius 2 is 2.12 bits per heavy atom. The van der Waals surface area contributed by atoms with Crippen LogP contribution in [0.15, 0.2) is 36.4 Å². The van der Waals surface area contributed by atoms with E-state index in [1.165, 1.54) is 24.8 Å². The largest absolute Gasteiger partial charge is 0.494 e. The molecule has 0 N–H and O–H groups in total. The van der Waals surface area contributed by atoms with E-state index in [-0.39, 0.29) is 0 Å². The quantitative estimate of drug-likeness (QED) is 0.463. The fourth-order valence-corrected chi connectivity index (χ4v) is 1.77. The van der Waals surface area contributed by atoms with Gasteiger partial charge in [0.15, 0.2) is 0 Å². The topological polar surface area (TPSA) is 9.23 Å². The van der Waals surface area contributed by atoms with E-state index in [4.69, 9.17) is 4.74 Å². The van der Waals surface area contributed by atoms with Gasteiger partial charge in [-0.25, -0.2) is 0 Å². The Hall–Kier alpha value is -1.24. The summed E-state index contributed by atoms with van der Waals surface area (Å²) in [7, 11) is 0. The molecule has 0 unspecified atom stereocenters. The number of rotatable bonds is 8. The first-order chi connectivity index (χ1) is 8.36. The van der Waals surface area contributed by atoms with E-state index >= 15 is 0 Å². The molecule has 1 rings (SSSR count). The normalized spacial score (nSPS) is 10.9. The average molecular weight is 232 g/mol. The Labute approximate surface area is 106 Å². The van der Waals surface area contributed by atoms with Crippen LogP contribution in [0, 0.1) is 0 Å². The van der Waals surface area contributed by atoms with Gasteiger partial charge in [-0.05, 0) is 56.7 Å². The fourth-order valence-electron chi connectivity index (χ4n) is 1.77. The van der Waals surface area contributed by atoms with Crippen molar-refractivity contribution in [3.8, 4) is 5.75 Å². The van der Waals surface area contributed by atoms with Crippen LogP contribution in [0.25, 0.3) is 0 Å². The van der Waals surface area contributed by atoms with Gasteiger partial charge < -0.3 is 4.74 Å². The van der Waals surface area contributed by atoms with Crippen molar-refractivity contribution in [1.29, 1.82) is 0 Å². The van der Waals surface area contributed by atoms with Crippen molar-refractivity contribution in [3.05, 3.63) is 42.0 Å². The van der Waals surface area contributed by atoms with Crippen molar-refractivity contribution >= 4 is 0 Å². The van der Waals surface area contributed by atoms with Crippen molar-refractivity contribution < 1.29 is 4.74 Å². The van der Waals surface area contributed by atoms with Crippen molar-refractivity contribution in [2.24, 2.45) is 0 Å². The van der Waals surface area contributed by atoms with Crippen molar-refractivity contribution in [3.63, 3.8) is 0 Å². The lowest BCUT2D eigenvalue weighted by Crippen LogP contribution is -1.95. The third-order valence-corrected chi connectivity index (χ3v) is 2.69. The molecule has 0 aliphatic heterocycles. The Bertz CT molecular complexity index is 328. The maximum Gasteiger partial charge on any atom is 0.119 e. The van der Waals surface area contributed by atoms with Crippen molar-refractivity contribution in [2.45, 2.75) is 46.0 Å². The minimum absolute atomic E-state index is 0.810. The van der Waals surface area contributed by atoms with Crippen LogP contribution >= 0.6 is 0 Å². The second-order valence-corrected chi connectivity index (χ2v) is 4.31. The fraction of sp³-hybridized carbons (Fsp3) is 0.500. The minimum atomic E-state index is 0.810. The standard InChI is InChI=1S/C16H24O/c1-3-5-6-7-8-10-15-11-9-12-16(14-15)17-13-4-2/h3,5,9,11-12,14H,4,6-8,10,13H2,1-2H3. The first kappa shape index (κ1) is 13.8. The summed E-state index contributed by atoms with van der Waals surface area (Å²) in [5, 5.41) is 0. The summed E-state index contributed by atoms with van der Waals surface area (Å²) >= 11 is 0. The first-order valence-corrected chi connectivity index (χ1v) is 6.69. The summed E-state index contributed by atoms with van der Waals surface area (Å²) in [6.45, 7) is 5.02. The van der Waals surface area contributed by atoms with Crippen LogP contribution in [-0.2, 0) is 6.42 Å². The molecule has 0 aliphatic rings. The highest BCUT2D eigenvalue weighted by Crippen LogP contribution is 2.15. The molecule has 0 saturated heterocycles. The molecule has 0 saturated carbocycles. The summed E-state index contributed by atoms with van der Waals surface area (Å²) in [6.07, 6.45) is 10.3. The monoisotopic (exact) mass is 232 g/mol. The molecular formula is C16H24O. The number of hydrogen-bond donors (Lipinski definition) is 0. The van der Waals surface area contributed by atoms with Gasteiger partial charge in [-0.15, -0.1) is 0 Å². The predicted molar refractivity (Wildman–Crippen MR) is 74.6 cm³/mol. The predicted octanol–water partition coefficient (Wildman–Crippen LogP) is 4.76. The van der Waals surface area contributed by atoms with Gasteiger partial charge >= 0.3 is 0 Å². The molecule has 1 nitrogen and oxygen atoms in total. The summed E-state index contributed by atoms with van der Waals surface area (Å²) in [5.74, 6) is 1.01. The average Bonchev–Trinajstić information content (AvgIpc) is 2.37. The number of benzene rings is 1. The van der Waals surface area contributed by atoms with Gasteiger partial charge in [-0.3, -0.25) is 0 Å². The van der Waals surface area contributed by atoms with Crippen molar-refractivity contribution in [2.75, 3.05) is 6.61 Å². The van der Waals surface area contributed by atoms with Crippen LogP contribution in [0.5, 0.6) is 5.75 Å². The van der Waals surface area contributed by atoms with Crippen LogP contribution in [-0.4, -0.2) is 6.61 Å². The lowest BCUT2D eigenvalue weighted by atomic mass is 10.1. The minimum Gasteiger partial charge on any atom is -0.494 e. The summed E-state index contributed by atoms with van der Waals surface area (Å²) in [5.41, 5.74) is 1.39. The molecule has 0 aliphatic carbocycles. The van der Waals surface area contributed by atoms with E-state index in [1.54, 1.807) is 0 Å². The zero-order chi connectivity index (χ0) is 12.3. The van der Waals surface area contributed by atoms with Crippen LogP contribution < -0.4 is 4.74 Å². The van der Waals surface area contributed by atoms with Gasteiger partial charge in [-0.1, -0.05) is 31.2 Å². The highest BCUT2D eigenvalue weighted by atomic mass is 16.5. The number of hydrogen-bond acceptors (Lipinski definition) is 1.